The Morgan fingerprint density at radius 2 is 1.97 bits per heavy atom. The second-order valence-corrected chi connectivity index (χ2v) is 7.35. The Kier molecular flexibility index (Phi) is 6.08. The lowest BCUT2D eigenvalue weighted by Crippen LogP contribution is -2.31. The largest absolute Gasteiger partial charge is 0.326 e. The number of non-ortho nitro benzene ring substituents is 1. The van der Waals surface area contributed by atoms with Crippen molar-refractivity contribution in [3.8, 4) is 0 Å². The molecule has 1 saturated heterocycles. The van der Waals surface area contributed by atoms with Crippen LogP contribution in [0.5, 0.6) is 0 Å². The van der Waals surface area contributed by atoms with Crippen LogP contribution in [0, 0.1) is 17.0 Å². The predicted molar refractivity (Wildman–Crippen MR) is 110 cm³/mol. The molecular formula is C20H17N3O5S. The second kappa shape index (κ2) is 8.70. The van der Waals surface area contributed by atoms with Gasteiger partial charge in [0.05, 0.1) is 9.83 Å². The SMILES string of the molecule is Cc1cccc(NC(=O)CCN2C(=O)SC(=Cc3cccc([N+](=O)[O-])c3)C2=O)c1. The van der Waals surface area contributed by atoms with Crippen molar-refractivity contribution >= 4 is 46.3 Å². The van der Waals surface area contributed by atoms with Gasteiger partial charge in [0.1, 0.15) is 0 Å². The second-order valence-electron chi connectivity index (χ2n) is 6.35. The zero-order valence-electron chi connectivity index (χ0n) is 15.5. The van der Waals surface area contributed by atoms with Gasteiger partial charge in [-0.1, -0.05) is 24.3 Å². The number of hydrogen-bond donors (Lipinski definition) is 1. The lowest BCUT2D eigenvalue weighted by molar-refractivity contribution is -0.384. The van der Waals surface area contributed by atoms with E-state index in [-0.39, 0.29) is 29.5 Å². The molecule has 3 rings (SSSR count). The van der Waals surface area contributed by atoms with Gasteiger partial charge in [0.2, 0.25) is 5.91 Å². The van der Waals surface area contributed by atoms with Crippen LogP contribution in [-0.4, -0.2) is 33.4 Å². The molecule has 2 aromatic carbocycles. The predicted octanol–water partition coefficient (Wildman–Crippen LogP) is 3.97. The Balaban J connectivity index is 1.64. The molecule has 0 radical (unpaired) electrons. The average molecular weight is 411 g/mol. The van der Waals surface area contributed by atoms with Gasteiger partial charge in [0.25, 0.3) is 16.8 Å². The minimum atomic E-state index is -0.532. The summed E-state index contributed by atoms with van der Waals surface area (Å²) < 4.78 is 0. The van der Waals surface area contributed by atoms with Crippen molar-refractivity contribution in [2.24, 2.45) is 0 Å². The molecule has 9 heteroatoms. The van der Waals surface area contributed by atoms with Gasteiger partial charge in [-0.2, -0.15) is 0 Å². The van der Waals surface area contributed by atoms with E-state index in [4.69, 9.17) is 0 Å². The van der Waals surface area contributed by atoms with Crippen molar-refractivity contribution in [3.63, 3.8) is 0 Å². The molecule has 1 N–H and O–H groups in total. The number of imide groups is 1. The number of nitro groups is 1. The molecule has 3 amide bonds. The highest BCUT2D eigenvalue weighted by Crippen LogP contribution is 2.32. The maximum atomic E-state index is 12.5. The molecule has 0 aromatic heterocycles. The van der Waals surface area contributed by atoms with E-state index in [1.807, 2.05) is 25.1 Å². The molecule has 1 heterocycles. The first kappa shape index (κ1) is 20.3. The number of rotatable bonds is 6. The molecule has 8 nitrogen and oxygen atoms in total. The third kappa shape index (κ3) is 5.08. The number of aryl methyl sites for hydroxylation is 1. The number of amides is 3. The summed E-state index contributed by atoms with van der Waals surface area (Å²) in [4.78, 5) is 48.3. The summed E-state index contributed by atoms with van der Waals surface area (Å²) in [5, 5.41) is 13.1. The molecule has 1 aliphatic rings. The number of anilines is 1. The van der Waals surface area contributed by atoms with Gasteiger partial charge >= 0.3 is 0 Å². The number of carbonyl (C=O) groups is 3. The molecule has 0 aliphatic carbocycles. The van der Waals surface area contributed by atoms with Gasteiger partial charge in [-0.25, -0.2) is 0 Å². The zero-order valence-corrected chi connectivity index (χ0v) is 16.3. The van der Waals surface area contributed by atoms with Crippen molar-refractivity contribution in [1.29, 1.82) is 0 Å². The Morgan fingerprint density at radius 3 is 2.69 bits per heavy atom. The van der Waals surface area contributed by atoms with Gasteiger partial charge in [0.15, 0.2) is 0 Å². The highest BCUT2D eigenvalue weighted by atomic mass is 32.2. The number of nitrogens with zero attached hydrogens (tertiary/aromatic N) is 2. The van der Waals surface area contributed by atoms with Crippen LogP contribution in [-0.2, 0) is 9.59 Å². The Labute approximate surface area is 170 Å². The fraction of sp³-hybridized carbons (Fsp3) is 0.150. The number of nitrogens with one attached hydrogen (secondary N) is 1. The molecule has 148 valence electrons. The number of carbonyl (C=O) groups excluding carboxylic acids is 3. The molecular weight excluding hydrogens is 394 g/mol. The van der Waals surface area contributed by atoms with E-state index in [9.17, 15) is 24.5 Å². The lowest BCUT2D eigenvalue weighted by Gasteiger charge is -2.12. The van der Waals surface area contributed by atoms with Gasteiger partial charge in [0, 0.05) is 30.8 Å². The topological polar surface area (TPSA) is 110 Å². The Hall–Kier alpha value is -3.46. The van der Waals surface area contributed by atoms with E-state index in [0.29, 0.717) is 11.3 Å². The molecule has 2 aromatic rings. The van der Waals surface area contributed by atoms with Crippen LogP contribution in [0.4, 0.5) is 16.2 Å². The summed E-state index contributed by atoms with van der Waals surface area (Å²) in [6.45, 7) is 1.86. The molecule has 0 unspecified atom stereocenters. The normalized spacial score (nSPS) is 15.1. The molecule has 0 atom stereocenters. The molecule has 1 aliphatic heterocycles. The summed E-state index contributed by atoms with van der Waals surface area (Å²) in [7, 11) is 0. The van der Waals surface area contributed by atoms with Crippen molar-refractivity contribution in [3.05, 3.63) is 74.7 Å². The smallest absolute Gasteiger partial charge is 0.293 e. The number of benzene rings is 2. The molecule has 1 fully saturated rings. The first-order valence-electron chi connectivity index (χ1n) is 8.70. The molecule has 0 saturated carbocycles. The highest BCUT2D eigenvalue weighted by Gasteiger charge is 2.35. The highest BCUT2D eigenvalue weighted by molar-refractivity contribution is 8.18. The van der Waals surface area contributed by atoms with Gasteiger partial charge in [-0.15, -0.1) is 0 Å². The summed E-state index contributed by atoms with van der Waals surface area (Å²) >= 11 is 0.745. The molecule has 29 heavy (non-hydrogen) atoms. The third-order valence-corrected chi connectivity index (χ3v) is 5.02. The number of nitro benzene ring substituents is 1. The summed E-state index contributed by atoms with van der Waals surface area (Å²) in [5.41, 5.74) is 1.99. The van der Waals surface area contributed by atoms with E-state index in [2.05, 4.69) is 5.32 Å². The molecule has 0 bridgehead atoms. The Morgan fingerprint density at radius 1 is 1.21 bits per heavy atom. The fourth-order valence-electron chi connectivity index (χ4n) is 2.73. The zero-order chi connectivity index (χ0) is 21.0. The minimum Gasteiger partial charge on any atom is -0.326 e. The van der Waals surface area contributed by atoms with Crippen molar-refractivity contribution < 1.29 is 19.3 Å². The van der Waals surface area contributed by atoms with Crippen molar-refractivity contribution in [1.82, 2.24) is 4.90 Å². The maximum Gasteiger partial charge on any atom is 0.293 e. The van der Waals surface area contributed by atoms with Gasteiger partial charge in [-0.05, 0) is 48.0 Å². The van der Waals surface area contributed by atoms with Crippen LogP contribution in [0.1, 0.15) is 17.5 Å². The number of thioether (sulfide) groups is 1. The van der Waals surface area contributed by atoms with E-state index in [1.165, 1.54) is 24.3 Å². The molecule has 0 spiro atoms. The summed E-state index contributed by atoms with van der Waals surface area (Å²) in [6.07, 6.45) is 1.40. The van der Waals surface area contributed by atoms with E-state index in [1.54, 1.807) is 12.1 Å². The number of hydrogen-bond acceptors (Lipinski definition) is 6. The average Bonchev–Trinajstić information content (AvgIpc) is 2.93. The first-order valence-corrected chi connectivity index (χ1v) is 9.51. The third-order valence-electron chi connectivity index (χ3n) is 4.12. The lowest BCUT2D eigenvalue weighted by atomic mass is 10.2. The van der Waals surface area contributed by atoms with Crippen molar-refractivity contribution in [2.75, 3.05) is 11.9 Å². The van der Waals surface area contributed by atoms with Crippen LogP contribution in [0.25, 0.3) is 6.08 Å². The Bertz CT molecular complexity index is 1030. The summed E-state index contributed by atoms with van der Waals surface area (Å²) in [5.74, 6) is -0.827. The van der Waals surface area contributed by atoms with E-state index >= 15 is 0 Å². The van der Waals surface area contributed by atoms with E-state index < -0.39 is 16.1 Å². The van der Waals surface area contributed by atoms with Gasteiger partial charge < -0.3 is 5.32 Å². The first-order chi connectivity index (χ1) is 13.8. The van der Waals surface area contributed by atoms with Crippen LogP contribution < -0.4 is 5.32 Å². The van der Waals surface area contributed by atoms with E-state index in [0.717, 1.165) is 22.2 Å². The van der Waals surface area contributed by atoms with Crippen molar-refractivity contribution in [2.45, 2.75) is 13.3 Å². The van der Waals surface area contributed by atoms with Gasteiger partial charge in [-0.3, -0.25) is 29.4 Å². The van der Waals surface area contributed by atoms with Crippen LogP contribution >= 0.6 is 11.8 Å². The minimum absolute atomic E-state index is 0.0317. The quantitative estimate of drug-likeness (QED) is 0.438. The van der Waals surface area contributed by atoms with Crippen LogP contribution in [0.2, 0.25) is 0 Å². The fourth-order valence-corrected chi connectivity index (χ4v) is 3.60. The maximum absolute atomic E-state index is 12.5. The standard InChI is InChI=1S/C20H17N3O5S/c1-13-4-2-6-15(10-13)21-18(24)8-9-22-19(25)17(29-20(22)26)12-14-5-3-7-16(11-14)23(27)28/h2-7,10-12H,8-9H2,1H3,(H,21,24). The monoisotopic (exact) mass is 411 g/mol. The summed E-state index contributed by atoms with van der Waals surface area (Å²) in [6, 6.07) is 13.1. The van der Waals surface area contributed by atoms with Crippen LogP contribution in [0.15, 0.2) is 53.4 Å². The van der Waals surface area contributed by atoms with Crippen LogP contribution in [0.3, 0.4) is 0 Å².